The summed E-state index contributed by atoms with van der Waals surface area (Å²) in [6.07, 6.45) is 1.77. The van der Waals surface area contributed by atoms with Crippen LogP contribution < -0.4 is 4.90 Å². The Morgan fingerprint density at radius 3 is 1.86 bits per heavy atom. The van der Waals surface area contributed by atoms with Gasteiger partial charge in [0.05, 0.1) is 16.7 Å². The molecule has 0 radical (unpaired) electrons. The van der Waals surface area contributed by atoms with Gasteiger partial charge in [0.25, 0.3) is 0 Å². The molecular weight excluding hydrogens is 599 g/mol. The van der Waals surface area contributed by atoms with Gasteiger partial charge in [-0.1, -0.05) is 91.0 Å². The molecule has 49 heavy (non-hydrogen) atoms. The molecule has 0 atom stereocenters. The molecule has 0 spiro atoms. The van der Waals surface area contributed by atoms with Crippen LogP contribution in [0.2, 0.25) is 0 Å². The predicted molar refractivity (Wildman–Crippen MR) is 203 cm³/mol. The predicted octanol–water partition coefficient (Wildman–Crippen LogP) is 12.4. The molecule has 0 aliphatic rings. The van der Waals surface area contributed by atoms with Crippen molar-refractivity contribution in [2.45, 2.75) is 0 Å². The molecule has 10 aromatic rings. The highest BCUT2D eigenvalue weighted by Crippen LogP contribution is 2.40. The third-order valence-electron chi connectivity index (χ3n) is 9.63. The monoisotopic (exact) mass is 627 g/mol. The summed E-state index contributed by atoms with van der Waals surface area (Å²) < 4.78 is 8.61. The van der Waals surface area contributed by atoms with Gasteiger partial charge < -0.3 is 13.9 Å². The number of hydrogen-bond donors (Lipinski definition) is 0. The number of furan rings is 1. The lowest BCUT2D eigenvalue weighted by Gasteiger charge is -2.25. The Morgan fingerprint density at radius 2 is 1.08 bits per heavy atom. The first-order valence-corrected chi connectivity index (χ1v) is 16.5. The zero-order valence-electron chi connectivity index (χ0n) is 26.5. The van der Waals surface area contributed by atoms with E-state index in [4.69, 9.17) is 4.42 Å². The number of nitrogens with zero attached hydrogens (tertiary/aromatic N) is 3. The van der Waals surface area contributed by atoms with E-state index in [0.717, 1.165) is 39.0 Å². The van der Waals surface area contributed by atoms with Gasteiger partial charge in [-0.25, -0.2) is 4.98 Å². The van der Waals surface area contributed by atoms with E-state index in [1.807, 2.05) is 12.1 Å². The number of pyridine rings is 1. The standard InChI is InChI=1S/C45H29N3O/c1-2-12-33(13-3-1)47(35-24-25-39-40-17-10-26-46-45(40)49-44(39)29-35)34-22-20-30(21-23-34)32-27-31-11-4-5-14-36(31)43(28-32)48-41-18-8-6-15-37(41)38-16-7-9-19-42(38)48/h1-29H. The minimum atomic E-state index is 0.654. The lowest BCUT2D eigenvalue weighted by atomic mass is 9.99. The molecule has 4 heteroatoms. The van der Waals surface area contributed by atoms with Crippen molar-refractivity contribution in [1.29, 1.82) is 0 Å². The molecule has 0 saturated carbocycles. The van der Waals surface area contributed by atoms with Gasteiger partial charge in [0.2, 0.25) is 5.71 Å². The summed E-state index contributed by atoms with van der Waals surface area (Å²) in [5, 5.41) is 7.03. The average Bonchev–Trinajstić information content (AvgIpc) is 3.71. The molecule has 0 fully saturated rings. The van der Waals surface area contributed by atoms with E-state index in [-0.39, 0.29) is 0 Å². The Kier molecular flexibility index (Phi) is 6.15. The second-order valence-corrected chi connectivity index (χ2v) is 12.4. The number of anilines is 3. The van der Waals surface area contributed by atoms with Gasteiger partial charge in [0.1, 0.15) is 5.58 Å². The molecule has 0 amide bonds. The summed E-state index contributed by atoms with van der Waals surface area (Å²) in [6, 6.07) is 60.5. The highest BCUT2D eigenvalue weighted by Gasteiger charge is 2.18. The van der Waals surface area contributed by atoms with Crippen LogP contribution >= 0.6 is 0 Å². The lowest BCUT2D eigenvalue weighted by Crippen LogP contribution is -2.09. The van der Waals surface area contributed by atoms with E-state index < -0.39 is 0 Å². The second kappa shape index (κ2) is 11.0. The van der Waals surface area contributed by atoms with Crippen molar-refractivity contribution in [2.75, 3.05) is 4.90 Å². The molecule has 10 rings (SSSR count). The summed E-state index contributed by atoms with van der Waals surface area (Å²) >= 11 is 0. The SMILES string of the molecule is c1ccc(N(c2ccc(-c3cc(-n4c5ccccc5c5ccccc54)c4ccccc4c3)cc2)c2ccc3c(c2)oc2ncccc23)cc1. The topological polar surface area (TPSA) is 34.2 Å². The average molecular weight is 628 g/mol. The van der Waals surface area contributed by atoms with Gasteiger partial charge in [-0.2, -0.15) is 0 Å². The van der Waals surface area contributed by atoms with Crippen molar-refractivity contribution >= 4 is 71.7 Å². The molecule has 3 aromatic heterocycles. The molecule has 0 N–H and O–H groups in total. The fourth-order valence-electron chi connectivity index (χ4n) is 7.39. The lowest BCUT2D eigenvalue weighted by molar-refractivity contribution is 0.654. The van der Waals surface area contributed by atoms with Crippen LogP contribution in [0.25, 0.3) is 71.5 Å². The first-order valence-electron chi connectivity index (χ1n) is 16.5. The van der Waals surface area contributed by atoms with Gasteiger partial charge in [-0.15, -0.1) is 0 Å². The molecule has 0 aliphatic heterocycles. The molecule has 0 saturated heterocycles. The summed E-state index contributed by atoms with van der Waals surface area (Å²) in [7, 11) is 0. The van der Waals surface area contributed by atoms with Gasteiger partial charge >= 0.3 is 0 Å². The molecule has 4 nitrogen and oxygen atoms in total. The van der Waals surface area contributed by atoms with Gasteiger partial charge in [-0.3, -0.25) is 0 Å². The van der Waals surface area contributed by atoms with E-state index in [1.165, 1.54) is 43.8 Å². The fourth-order valence-corrected chi connectivity index (χ4v) is 7.39. The molecular formula is C45H29N3O. The summed E-state index contributed by atoms with van der Waals surface area (Å²) in [4.78, 5) is 6.71. The summed E-state index contributed by atoms with van der Waals surface area (Å²) in [6.45, 7) is 0. The second-order valence-electron chi connectivity index (χ2n) is 12.4. The molecule has 0 aliphatic carbocycles. The van der Waals surface area contributed by atoms with Crippen molar-refractivity contribution < 1.29 is 4.42 Å². The maximum Gasteiger partial charge on any atom is 0.227 e. The minimum absolute atomic E-state index is 0.654. The third-order valence-corrected chi connectivity index (χ3v) is 9.63. The third kappa shape index (κ3) is 4.42. The van der Waals surface area contributed by atoms with Crippen molar-refractivity contribution in [3.8, 4) is 16.8 Å². The van der Waals surface area contributed by atoms with Crippen LogP contribution in [0, 0.1) is 0 Å². The quantitative estimate of drug-likeness (QED) is 0.190. The van der Waals surface area contributed by atoms with Crippen LogP contribution in [-0.4, -0.2) is 9.55 Å². The van der Waals surface area contributed by atoms with Crippen LogP contribution in [0.3, 0.4) is 0 Å². The Bertz CT molecular complexity index is 2780. The van der Waals surface area contributed by atoms with Crippen molar-refractivity contribution in [1.82, 2.24) is 9.55 Å². The van der Waals surface area contributed by atoms with Crippen LogP contribution in [-0.2, 0) is 0 Å². The fraction of sp³-hybridized carbons (Fsp3) is 0. The minimum Gasteiger partial charge on any atom is -0.438 e. The largest absolute Gasteiger partial charge is 0.438 e. The van der Waals surface area contributed by atoms with E-state index in [9.17, 15) is 0 Å². The molecule has 0 bridgehead atoms. The number of aromatic nitrogens is 2. The van der Waals surface area contributed by atoms with Crippen LogP contribution in [0.15, 0.2) is 180 Å². The first-order chi connectivity index (χ1) is 24.3. The summed E-state index contributed by atoms with van der Waals surface area (Å²) in [5.41, 5.74) is 10.5. The number of rotatable bonds is 5. The molecule has 3 heterocycles. The van der Waals surface area contributed by atoms with E-state index in [1.54, 1.807) is 6.20 Å². The maximum atomic E-state index is 6.18. The Hall–Kier alpha value is -6.65. The zero-order chi connectivity index (χ0) is 32.3. The van der Waals surface area contributed by atoms with E-state index >= 15 is 0 Å². The normalized spacial score (nSPS) is 11.7. The van der Waals surface area contributed by atoms with Gasteiger partial charge in [0.15, 0.2) is 0 Å². The Balaban J connectivity index is 1.12. The highest BCUT2D eigenvalue weighted by atomic mass is 16.3. The van der Waals surface area contributed by atoms with Crippen molar-refractivity contribution in [3.05, 3.63) is 176 Å². The number of benzene rings is 7. The molecule has 230 valence electrons. The first kappa shape index (κ1) is 27.5. The van der Waals surface area contributed by atoms with Crippen LogP contribution in [0.4, 0.5) is 17.1 Å². The zero-order valence-corrected chi connectivity index (χ0v) is 26.5. The molecule has 7 aromatic carbocycles. The van der Waals surface area contributed by atoms with E-state index in [0.29, 0.717) is 5.71 Å². The molecule has 0 unspecified atom stereocenters. The highest BCUT2D eigenvalue weighted by molar-refractivity contribution is 6.11. The van der Waals surface area contributed by atoms with Gasteiger partial charge in [0, 0.05) is 56.3 Å². The van der Waals surface area contributed by atoms with E-state index in [2.05, 4.69) is 172 Å². The van der Waals surface area contributed by atoms with Crippen LogP contribution in [0.1, 0.15) is 0 Å². The number of fused-ring (bicyclic) bond motifs is 7. The van der Waals surface area contributed by atoms with Gasteiger partial charge in [-0.05, 0) is 89.3 Å². The number of para-hydroxylation sites is 3. The Labute approximate surface area is 282 Å². The smallest absolute Gasteiger partial charge is 0.227 e. The van der Waals surface area contributed by atoms with Crippen LogP contribution in [0.5, 0.6) is 0 Å². The Morgan fingerprint density at radius 1 is 0.449 bits per heavy atom. The maximum absolute atomic E-state index is 6.18. The van der Waals surface area contributed by atoms with Crippen molar-refractivity contribution in [2.24, 2.45) is 0 Å². The number of hydrogen-bond acceptors (Lipinski definition) is 3. The summed E-state index contributed by atoms with van der Waals surface area (Å²) in [5.74, 6) is 0. The van der Waals surface area contributed by atoms with Crippen molar-refractivity contribution in [3.63, 3.8) is 0 Å².